The average molecular weight is 420 g/mol. The molecule has 5 nitrogen and oxygen atoms in total. The lowest BCUT2D eigenvalue weighted by Crippen LogP contribution is -2.15. The van der Waals surface area contributed by atoms with Gasteiger partial charge in [0, 0.05) is 15.3 Å². The first-order valence-electron chi connectivity index (χ1n) is 8.67. The molecule has 0 saturated heterocycles. The van der Waals surface area contributed by atoms with Crippen LogP contribution < -0.4 is 10.1 Å². The summed E-state index contributed by atoms with van der Waals surface area (Å²) in [6.45, 7) is 0. The van der Waals surface area contributed by atoms with Gasteiger partial charge in [-0.1, -0.05) is 23.4 Å². The number of thioether (sulfide) groups is 1. The van der Waals surface area contributed by atoms with E-state index in [1.807, 2.05) is 0 Å². The number of carbonyl (C=O) groups is 1. The Balaban J connectivity index is 1.51. The summed E-state index contributed by atoms with van der Waals surface area (Å²) in [7, 11) is 1.56. The minimum Gasteiger partial charge on any atom is -0.495 e. The van der Waals surface area contributed by atoms with Crippen molar-refractivity contribution in [3.8, 4) is 5.75 Å². The number of hydrogen-bond donors (Lipinski definition) is 1. The van der Waals surface area contributed by atoms with Crippen LogP contribution >= 0.6 is 34.7 Å². The quantitative estimate of drug-likeness (QED) is 0.467. The van der Waals surface area contributed by atoms with E-state index >= 15 is 0 Å². The van der Waals surface area contributed by atoms with E-state index < -0.39 is 0 Å². The summed E-state index contributed by atoms with van der Waals surface area (Å²) in [5, 5.41) is 5.43. The predicted octanol–water partition coefficient (Wildman–Crippen LogP) is 4.96. The van der Waals surface area contributed by atoms with Crippen molar-refractivity contribution in [3.05, 3.63) is 40.0 Å². The number of benzene rings is 1. The maximum atomic E-state index is 12.5. The highest BCUT2D eigenvalue weighted by Gasteiger charge is 2.20. The first-order chi connectivity index (χ1) is 13.2. The SMILES string of the molecule is COc1ccc(Cl)cc1NC(=O)CSc1ncnc2sc3c(c12)CCCC3. The molecule has 1 aliphatic carbocycles. The van der Waals surface area contributed by atoms with Gasteiger partial charge in [0.25, 0.3) is 0 Å². The van der Waals surface area contributed by atoms with Crippen molar-refractivity contribution in [1.82, 2.24) is 9.97 Å². The second kappa shape index (κ2) is 8.04. The fourth-order valence-electron chi connectivity index (χ4n) is 3.27. The number of halogens is 1. The van der Waals surface area contributed by atoms with Crippen molar-refractivity contribution in [1.29, 1.82) is 0 Å². The first kappa shape index (κ1) is 18.5. The van der Waals surface area contributed by atoms with Gasteiger partial charge in [0.15, 0.2) is 0 Å². The number of amides is 1. The van der Waals surface area contributed by atoms with Gasteiger partial charge < -0.3 is 10.1 Å². The fourth-order valence-corrected chi connectivity index (χ4v) is 5.56. The molecule has 0 atom stereocenters. The van der Waals surface area contributed by atoms with Crippen LogP contribution in [0.2, 0.25) is 5.02 Å². The lowest BCUT2D eigenvalue weighted by atomic mass is 9.97. The predicted molar refractivity (Wildman–Crippen MR) is 111 cm³/mol. The maximum absolute atomic E-state index is 12.5. The first-order valence-corrected chi connectivity index (χ1v) is 10.8. The van der Waals surface area contributed by atoms with Crippen molar-refractivity contribution >= 4 is 56.5 Å². The molecule has 0 unspecified atom stereocenters. The topological polar surface area (TPSA) is 64.1 Å². The standard InChI is InChI=1S/C19H18ClN3O2S2/c1-25-14-7-6-11(20)8-13(14)23-16(24)9-26-18-17-12-4-2-3-5-15(12)27-19(17)22-10-21-18/h6-8,10H,2-5,9H2,1H3,(H,23,24). The molecule has 1 N–H and O–H groups in total. The molecule has 0 spiro atoms. The number of nitrogens with zero attached hydrogens (tertiary/aromatic N) is 2. The van der Waals surface area contributed by atoms with Crippen LogP contribution in [0.1, 0.15) is 23.3 Å². The molecule has 0 saturated carbocycles. The minimum absolute atomic E-state index is 0.128. The molecule has 1 aromatic carbocycles. The second-order valence-corrected chi connectivity index (χ2v) is 8.74. The average Bonchev–Trinajstić information content (AvgIpc) is 3.06. The number of anilines is 1. The Labute approximate surface area is 170 Å². The molecular weight excluding hydrogens is 402 g/mol. The summed E-state index contributed by atoms with van der Waals surface area (Å²) in [6.07, 6.45) is 6.22. The molecule has 0 bridgehead atoms. The van der Waals surface area contributed by atoms with Crippen LogP contribution in [-0.4, -0.2) is 28.7 Å². The van der Waals surface area contributed by atoms with Crippen molar-refractivity contribution in [2.24, 2.45) is 0 Å². The molecule has 2 aromatic heterocycles. The van der Waals surface area contributed by atoms with E-state index in [-0.39, 0.29) is 11.7 Å². The Morgan fingerprint density at radius 2 is 2.19 bits per heavy atom. The van der Waals surface area contributed by atoms with Gasteiger partial charge in [-0.3, -0.25) is 4.79 Å². The molecule has 0 fully saturated rings. The Hall–Kier alpha value is -1.83. The third-order valence-corrected chi connectivity index (χ3v) is 6.92. The van der Waals surface area contributed by atoms with E-state index in [0.717, 1.165) is 28.1 Å². The van der Waals surface area contributed by atoms with Crippen molar-refractivity contribution < 1.29 is 9.53 Å². The number of ether oxygens (including phenoxy) is 1. The number of fused-ring (bicyclic) bond motifs is 3. The van der Waals surface area contributed by atoms with Crippen LogP contribution in [-0.2, 0) is 17.6 Å². The lowest BCUT2D eigenvalue weighted by molar-refractivity contribution is -0.113. The number of methoxy groups -OCH3 is 1. The minimum atomic E-state index is -0.128. The molecule has 8 heteroatoms. The summed E-state index contributed by atoms with van der Waals surface area (Å²) in [5.41, 5.74) is 1.94. The molecule has 4 rings (SSSR count). The Kier molecular flexibility index (Phi) is 5.52. The second-order valence-electron chi connectivity index (χ2n) is 6.25. The highest BCUT2D eigenvalue weighted by molar-refractivity contribution is 8.00. The number of carbonyl (C=O) groups excluding carboxylic acids is 1. The summed E-state index contributed by atoms with van der Waals surface area (Å²) < 4.78 is 5.27. The summed E-state index contributed by atoms with van der Waals surface area (Å²) in [5.74, 6) is 0.706. The highest BCUT2D eigenvalue weighted by atomic mass is 35.5. The Morgan fingerprint density at radius 1 is 1.33 bits per heavy atom. The number of thiophene rings is 1. The molecule has 0 aliphatic heterocycles. The van der Waals surface area contributed by atoms with Gasteiger partial charge in [-0.2, -0.15) is 0 Å². The molecule has 27 heavy (non-hydrogen) atoms. The third kappa shape index (κ3) is 3.90. The van der Waals surface area contributed by atoms with Gasteiger partial charge in [-0.15, -0.1) is 11.3 Å². The highest BCUT2D eigenvalue weighted by Crippen LogP contribution is 2.39. The van der Waals surface area contributed by atoms with Gasteiger partial charge >= 0.3 is 0 Å². The number of nitrogens with one attached hydrogen (secondary N) is 1. The smallest absolute Gasteiger partial charge is 0.234 e. The molecule has 1 aliphatic rings. The van der Waals surface area contributed by atoms with Gasteiger partial charge in [0.1, 0.15) is 21.9 Å². The molecule has 140 valence electrons. The number of rotatable bonds is 5. The van der Waals surface area contributed by atoms with Crippen LogP contribution in [0.15, 0.2) is 29.6 Å². The van der Waals surface area contributed by atoms with Crippen LogP contribution in [0, 0.1) is 0 Å². The molecule has 0 radical (unpaired) electrons. The number of aryl methyl sites for hydroxylation is 2. The molecular formula is C19H18ClN3O2S2. The van der Waals surface area contributed by atoms with Gasteiger partial charge in [0.2, 0.25) is 5.91 Å². The van der Waals surface area contributed by atoms with E-state index in [9.17, 15) is 4.79 Å². The van der Waals surface area contributed by atoms with E-state index in [0.29, 0.717) is 16.5 Å². The van der Waals surface area contributed by atoms with Gasteiger partial charge in [-0.25, -0.2) is 9.97 Å². The van der Waals surface area contributed by atoms with Crippen molar-refractivity contribution in [2.45, 2.75) is 30.7 Å². The number of aromatic nitrogens is 2. The van der Waals surface area contributed by atoms with Crippen molar-refractivity contribution in [3.63, 3.8) is 0 Å². The molecule has 3 aromatic rings. The summed E-state index contributed by atoms with van der Waals surface area (Å²) >= 11 is 9.23. The van der Waals surface area contributed by atoms with Crippen LogP contribution in [0.5, 0.6) is 5.75 Å². The summed E-state index contributed by atoms with van der Waals surface area (Å²) in [6, 6.07) is 5.14. The fraction of sp³-hybridized carbons (Fsp3) is 0.316. The normalized spacial score (nSPS) is 13.4. The van der Waals surface area contributed by atoms with Crippen LogP contribution in [0.25, 0.3) is 10.2 Å². The zero-order valence-corrected chi connectivity index (χ0v) is 17.1. The lowest BCUT2D eigenvalue weighted by Gasteiger charge is -2.12. The van der Waals surface area contributed by atoms with Crippen LogP contribution in [0.3, 0.4) is 0 Å². The third-order valence-electron chi connectivity index (χ3n) is 4.49. The molecule has 2 heterocycles. The summed E-state index contributed by atoms with van der Waals surface area (Å²) in [4.78, 5) is 23.8. The number of hydrogen-bond acceptors (Lipinski definition) is 6. The Morgan fingerprint density at radius 3 is 3.04 bits per heavy atom. The van der Waals surface area contributed by atoms with Gasteiger partial charge in [-0.05, 0) is 49.4 Å². The van der Waals surface area contributed by atoms with E-state index in [1.54, 1.807) is 43.0 Å². The van der Waals surface area contributed by atoms with E-state index in [1.165, 1.54) is 35.0 Å². The zero-order chi connectivity index (χ0) is 18.8. The van der Waals surface area contributed by atoms with Crippen LogP contribution in [0.4, 0.5) is 5.69 Å². The van der Waals surface area contributed by atoms with Crippen molar-refractivity contribution in [2.75, 3.05) is 18.2 Å². The van der Waals surface area contributed by atoms with E-state index in [2.05, 4.69) is 15.3 Å². The van der Waals surface area contributed by atoms with Gasteiger partial charge in [0.05, 0.1) is 18.6 Å². The maximum Gasteiger partial charge on any atom is 0.234 e. The van der Waals surface area contributed by atoms with E-state index in [4.69, 9.17) is 16.3 Å². The molecule has 1 amide bonds. The largest absolute Gasteiger partial charge is 0.495 e. The monoisotopic (exact) mass is 419 g/mol. The zero-order valence-electron chi connectivity index (χ0n) is 14.8. The Bertz CT molecular complexity index is 1010.